The molecule has 2 heterocycles. The average Bonchev–Trinajstić information content (AvgIpc) is 2.42. The van der Waals surface area contributed by atoms with Gasteiger partial charge in [0, 0.05) is 25.6 Å². The van der Waals surface area contributed by atoms with E-state index in [1.165, 1.54) is 38.0 Å². The Morgan fingerprint density at radius 2 is 2.00 bits per heavy atom. The third-order valence-corrected chi connectivity index (χ3v) is 4.56. The van der Waals surface area contributed by atoms with Gasteiger partial charge in [0.2, 0.25) is 0 Å². The molecule has 0 aromatic heterocycles. The van der Waals surface area contributed by atoms with E-state index in [0.29, 0.717) is 5.92 Å². The number of likely N-dealkylation sites (tertiary alicyclic amines) is 1. The standard InChI is InChI=1S/C16H24N2/c1-13-6-8-18(9-7-13)12-15-11-17-10-14-4-2-3-5-16(14)15/h2-5,13,15,17H,6-12H2,1H3. The van der Waals surface area contributed by atoms with Gasteiger partial charge in [-0.25, -0.2) is 0 Å². The summed E-state index contributed by atoms with van der Waals surface area (Å²) >= 11 is 0. The van der Waals surface area contributed by atoms with Crippen LogP contribution >= 0.6 is 0 Å². The monoisotopic (exact) mass is 244 g/mol. The zero-order valence-electron chi connectivity index (χ0n) is 11.4. The van der Waals surface area contributed by atoms with Gasteiger partial charge in [-0.3, -0.25) is 0 Å². The minimum Gasteiger partial charge on any atom is -0.312 e. The normalized spacial score (nSPS) is 25.9. The summed E-state index contributed by atoms with van der Waals surface area (Å²) in [6.45, 7) is 8.39. The molecule has 1 saturated heterocycles. The van der Waals surface area contributed by atoms with Gasteiger partial charge in [0.15, 0.2) is 0 Å². The van der Waals surface area contributed by atoms with E-state index in [2.05, 4.69) is 41.4 Å². The Morgan fingerprint density at radius 1 is 1.22 bits per heavy atom. The van der Waals surface area contributed by atoms with E-state index >= 15 is 0 Å². The number of benzene rings is 1. The number of rotatable bonds is 2. The summed E-state index contributed by atoms with van der Waals surface area (Å²) in [6, 6.07) is 8.95. The van der Waals surface area contributed by atoms with E-state index in [1.807, 2.05) is 0 Å². The lowest BCUT2D eigenvalue weighted by Crippen LogP contribution is -2.40. The zero-order chi connectivity index (χ0) is 12.4. The number of nitrogens with zero attached hydrogens (tertiary/aromatic N) is 1. The van der Waals surface area contributed by atoms with Crippen molar-refractivity contribution in [3.05, 3.63) is 35.4 Å². The number of hydrogen-bond acceptors (Lipinski definition) is 2. The van der Waals surface area contributed by atoms with Gasteiger partial charge in [0.05, 0.1) is 0 Å². The van der Waals surface area contributed by atoms with Crippen LogP contribution < -0.4 is 5.32 Å². The molecule has 2 heteroatoms. The maximum absolute atomic E-state index is 3.56. The van der Waals surface area contributed by atoms with Crippen LogP contribution in [0.4, 0.5) is 0 Å². The van der Waals surface area contributed by atoms with E-state index in [4.69, 9.17) is 0 Å². The van der Waals surface area contributed by atoms with Gasteiger partial charge in [-0.05, 0) is 43.0 Å². The van der Waals surface area contributed by atoms with Crippen molar-refractivity contribution in [1.82, 2.24) is 10.2 Å². The van der Waals surface area contributed by atoms with E-state index in [0.717, 1.165) is 19.0 Å². The third kappa shape index (κ3) is 2.60. The molecule has 2 nitrogen and oxygen atoms in total. The molecule has 2 aliphatic heterocycles. The molecule has 1 fully saturated rings. The molecular weight excluding hydrogens is 220 g/mol. The molecule has 0 aliphatic carbocycles. The van der Waals surface area contributed by atoms with E-state index in [-0.39, 0.29) is 0 Å². The molecule has 18 heavy (non-hydrogen) atoms. The Bertz CT molecular complexity index is 394. The van der Waals surface area contributed by atoms with Crippen molar-refractivity contribution in [2.45, 2.75) is 32.2 Å². The van der Waals surface area contributed by atoms with Crippen LogP contribution in [-0.4, -0.2) is 31.1 Å². The van der Waals surface area contributed by atoms with Gasteiger partial charge in [-0.15, -0.1) is 0 Å². The molecule has 1 unspecified atom stereocenters. The largest absolute Gasteiger partial charge is 0.312 e. The first kappa shape index (κ1) is 12.2. The van der Waals surface area contributed by atoms with Crippen LogP contribution in [0.25, 0.3) is 0 Å². The lowest BCUT2D eigenvalue weighted by molar-refractivity contribution is 0.179. The van der Waals surface area contributed by atoms with E-state index in [1.54, 1.807) is 5.56 Å². The second-order valence-corrected chi connectivity index (χ2v) is 6.01. The molecule has 0 bridgehead atoms. The SMILES string of the molecule is CC1CCN(CC2CNCc3ccccc32)CC1. The Hall–Kier alpha value is -0.860. The van der Waals surface area contributed by atoms with E-state index < -0.39 is 0 Å². The van der Waals surface area contributed by atoms with Crippen LogP contribution in [0.2, 0.25) is 0 Å². The maximum Gasteiger partial charge on any atom is 0.0208 e. The number of hydrogen-bond donors (Lipinski definition) is 1. The highest BCUT2D eigenvalue weighted by Crippen LogP contribution is 2.26. The Morgan fingerprint density at radius 3 is 2.83 bits per heavy atom. The van der Waals surface area contributed by atoms with Crippen molar-refractivity contribution in [2.24, 2.45) is 5.92 Å². The lowest BCUT2D eigenvalue weighted by atomic mass is 9.89. The highest BCUT2D eigenvalue weighted by molar-refractivity contribution is 5.32. The maximum atomic E-state index is 3.56. The van der Waals surface area contributed by atoms with Crippen LogP contribution in [-0.2, 0) is 6.54 Å². The molecule has 0 radical (unpaired) electrons. The van der Waals surface area contributed by atoms with Gasteiger partial charge in [-0.2, -0.15) is 0 Å². The van der Waals surface area contributed by atoms with Gasteiger partial charge in [0.25, 0.3) is 0 Å². The summed E-state index contributed by atoms with van der Waals surface area (Å²) in [7, 11) is 0. The summed E-state index contributed by atoms with van der Waals surface area (Å²) < 4.78 is 0. The van der Waals surface area contributed by atoms with Crippen LogP contribution in [0.1, 0.15) is 36.8 Å². The summed E-state index contributed by atoms with van der Waals surface area (Å²) in [4.78, 5) is 2.66. The van der Waals surface area contributed by atoms with Crippen LogP contribution in [0.3, 0.4) is 0 Å². The average molecular weight is 244 g/mol. The molecule has 1 aromatic rings. The van der Waals surface area contributed by atoms with Gasteiger partial charge in [0.1, 0.15) is 0 Å². The van der Waals surface area contributed by atoms with Gasteiger partial charge < -0.3 is 10.2 Å². The first-order chi connectivity index (χ1) is 8.83. The van der Waals surface area contributed by atoms with E-state index in [9.17, 15) is 0 Å². The number of fused-ring (bicyclic) bond motifs is 1. The Balaban J connectivity index is 1.67. The minimum absolute atomic E-state index is 0.684. The molecule has 1 atom stereocenters. The van der Waals surface area contributed by atoms with Gasteiger partial charge >= 0.3 is 0 Å². The van der Waals surface area contributed by atoms with Crippen LogP contribution in [0.15, 0.2) is 24.3 Å². The Labute approximate surface area is 110 Å². The fourth-order valence-corrected chi connectivity index (χ4v) is 3.30. The number of nitrogens with one attached hydrogen (secondary N) is 1. The summed E-state index contributed by atoms with van der Waals surface area (Å²) in [5, 5.41) is 3.56. The first-order valence-electron chi connectivity index (χ1n) is 7.34. The molecule has 98 valence electrons. The van der Waals surface area contributed by atoms with Gasteiger partial charge in [-0.1, -0.05) is 31.2 Å². The summed E-state index contributed by atoms with van der Waals surface area (Å²) in [6.07, 6.45) is 2.75. The van der Waals surface area contributed by atoms with Crippen molar-refractivity contribution >= 4 is 0 Å². The summed E-state index contributed by atoms with van der Waals surface area (Å²) in [5.74, 6) is 1.61. The fraction of sp³-hybridized carbons (Fsp3) is 0.625. The molecule has 3 rings (SSSR count). The highest BCUT2D eigenvalue weighted by Gasteiger charge is 2.23. The Kier molecular flexibility index (Phi) is 3.67. The number of piperidine rings is 1. The predicted molar refractivity (Wildman–Crippen MR) is 75.7 cm³/mol. The summed E-state index contributed by atoms with van der Waals surface area (Å²) in [5.41, 5.74) is 3.08. The highest BCUT2D eigenvalue weighted by atomic mass is 15.1. The quantitative estimate of drug-likeness (QED) is 0.860. The molecule has 2 aliphatic rings. The van der Waals surface area contributed by atoms with Crippen molar-refractivity contribution < 1.29 is 0 Å². The van der Waals surface area contributed by atoms with Crippen molar-refractivity contribution in [3.63, 3.8) is 0 Å². The van der Waals surface area contributed by atoms with Crippen molar-refractivity contribution in [3.8, 4) is 0 Å². The molecule has 1 N–H and O–H groups in total. The molecular formula is C16H24N2. The molecule has 1 aromatic carbocycles. The first-order valence-corrected chi connectivity index (χ1v) is 7.34. The molecule has 0 spiro atoms. The van der Waals surface area contributed by atoms with Crippen molar-refractivity contribution in [2.75, 3.05) is 26.2 Å². The smallest absolute Gasteiger partial charge is 0.0208 e. The second-order valence-electron chi connectivity index (χ2n) is 6.01. The second kappa shape index (κ2) is 5.41. The van der Waals surface area contributed by atoms with Crippen LogP contribution in [0, 0.1) is 5.92 Å². The molecule has 0 saturated carbocycles. The third-order valence-electron chi connectivity index (χ3n) is 4.56. The van der Waals surface area contributed by atoms with Crippen molar-refractivity contribution in [1.29, 1.82) is 0 Å². The minimum atomic E-state index is 0.684. The predicted octanol–water partition coefficient (Wildman–Crippen LogP) is 2.61. The topological polar surface area (TPSA) is 15.3 Å². The lowest BCUT2D eigenvalue weighted by Gasteiger charge is -2.35. The zero-order valence-corrected chi connectivity index (χ0v) is 11.4. The fourth-order valence-electron chi connectivity index (χ4n) is 3.30. The molecule has 0 amide bonds. The van der Waals surface area contributed by atoms with Crippen LogP contribution in [0.5, 0.6) is 0 Å².